The third-order valence-electron chi connectivity index (χ3n) is 2.84. The smallest absolute Gasteiger partial charge is 0.230 e. The van der Waals surface area contributed by atoms with Crippen LogP contribution < -0.4 is 5.32 Å². The molecule has 0 bridgehead atoms. The van der Waals surface area contributed by atoms with Crippen LogP contribution in [0.4, 0.5) is 0 Å². The second-order valence-electron chi connectivity index (χ2n) is 4.67. The Balaban J connectivity index is 1.69. The first-order chi connectivity index (χ1) is 9.20. The van der Waals surface area contributed by atoms with Crippen molar-refractivity contribution < 1.29 is 9.90 Å². The lowest BCUT2D eigenvalue weighted by atomic mass is 10.2. The molecule has 2 rings (SSSR count). The number of aromatic nitrogens is 4. The molecule has 1 aliphatic rings. The van der Waals surface area contributed by atoms with E-state index in [0.29, 0.717) is 24.2 Å². The van der Waals surface area contributed by atoms with Crippen molar-refractivity contribution >= 4 is 17.7 Å². The number of carbonyl (C=O) groups excluding carboxylic acids is 1. The molecule has 1 fully saturated rings. The molecule has 1 amide bonds. The van der Waals surface area contributed by atoms with Gasteiger partial charge in [-0.2, -0.15) is 0 Å². The van der Waals surface area contributed by atoms with Crippen molar-refractivity contribution in [2.24, 2.45) is 0 Å². The van der Waals surface area contributed by atoms with Crippen molar-refractivity contribution in [3.05, 3.63) is 0 Å². The van der Waals surface area contributed by atoms with E-state index in [-0.39, 0.29) is 11.7 Å². The largest absolute Gasteiger partial charge is 0.391 e. The van der Waals surface area contributed by atoms with Crippen LogP contribution in [0.2, 0.25) is 0 Å². The van der Waals surface area contributed by atoms with Crippen molar-refractivity contribution in [1.82, 2.24) is 25.5 Å². The standard InChI is InChI=1S/C11H19N5O2S/c1-2-3-9(17)6-12-10(18)7-19-11-13-14-15-16(11)8-4-5-8/h8-9,17H,2-7H2,1H3,(H,12,18). The maximum absolute atomic E-state index is 11.6. The Morgan fingerprint density at radius 3 is 3.11 bits per heavy atom. The van der Waals surface area contributed by atoms with E-state index in [2.05, 4.69) is 20.8 Å². The fourth-order valence-corrected chi connectivity index (χ4v) is 2.45. The molecule has 7 nitrogen and oxygen atoms in total. The van der Waals surface area contributed by atoms with Gasteiger partial charge in [-0.15, -0.1) is 5.10 Å². The summed E-state index contributed by atoms with van der Waals surface area (Å²) in [5, 5.41) is 24.4. The van der Waals surface area contributed by atoms with Crippen LogP contribution in [0.3, 0.4) is 0 Å². The molecule has 0 aromatic carbocycles. The number of nitrogens with zero attached hydrogens (tertiary/aromatic N) is 4. The van der Waals surface area contributed by atoms with Crippen molar-refractivity contribution in [3.63, 3.8) is 0 Å². The lowest BCUT2D eigenvalue weighted by Gasteiger charge is -2.10. The number of nitrogens with one attached hydrogen (secondary N) is 1. The molecule has 2 N–H and O–H groups in total. The van der Waals surface area contributed by atoms with E-state index < -0.39 is 6.10 Å². The Morgan fingerprint density at radius 1 is 1.63 bits per heavy atom. The Kier molecular flexibility index (Phi) is 5.15. The Bertz CT molecular complexity index is 421. The molecule has 19 heavy (non-hydrogen) atoms. The minimum atomic E-state index is -0.462. The monoisotopic (exact) mass is 285 g/mol. The summed E-state index contributed by atoms with van der Waals surface area (Å²) in [6.07, 6.45) is 3.35. The molecule has 0 aliphatic heterocycles. The first-order valence-corrected chi connectivity index (χ1v) is 7.54. The van der Waals surface area contributed by atoms with Crippen molar-refractivity contribution in [3.8, 4) is 0 Å². The van der Waals surface area contributed by atoms with Gasteiger partial charge in [0.25, 0.3) is 0 Å². The minimum Gasteiger partial charge on any atom is -0.391 e. The number of carbonyl (C=O) groups is 1. The number of aliphatic hydroxyl groups is 1. The van der Waals surface area contributed by atoms with Gasteiger partial charge in [0, 0.05) is 6.54 Å². The highest BCUT2D eigenvalue weighted by atomic mass is 32.2. The molecule has 1 aromatic heterocycles. The molecule has 0 radical (unpaired) electrons. The molecule has 1 unspecified atom stereocenters. The summed E-state index contributed by atoms with van der Waals surface area (Å²) in [5.41, 5.74) is 0. The first kappa shape index (κ1) is 14.3. The maximum atomic E-state index is 11.6. The molecule has 1 heterocycles. The summed E-state index contributed by atoms with van der Waals surface area (Å²) in [5.74, 6) is 0.164. The van der Waals surface area contributed by atoms with Gasteiger partial charge in [0.15, 0.2) is 0 Å². The number of aliphatic hydroxyl groups excluding tert-OH is 1. The highest BCUT2D eigenvalue weighted by Crippen LogP contribution is 2.36. The van der Waals surface area contributed by atoms with Crippen molar-refractivity contribution in [2.45, 2.75) is 49.9 Å². The highest BCUT2D eigenvalue weighted by molar-refractivity contribution is 7.99. The number of hydrogen-bond donors (Lipinski definition) is 2. The van der Waals surface area contributed by atoms with Crippen LogP contribution in [0.25, 0.3) is 0 Å². The summed E-state index contributed by atoms with van der Waals surface area (Å²) < 4.78 is 1.78. The van der Waals surface area contributed by atoms with Gasteiger partial charge in [0.1, 0.15) is 0 Å². The fourth-order valence-electron chi connectivity index (χ4n) is 1.68. The Hall–Kier alpha value is -1.15. The van der Waals surface area contributed by atoms with E-state index in [0.717, 1.165) is 19.3 Å². The summed E-state index contributed by atoms with van der Waals surface area (Å²) >= 11 is 1.33. The van der Waals surface area contributed by atoms with Crippen LogP contribution in [0.1, 0.15) is 38.6 Å². The number of thioether (sulfide) groups is 1. The molecule has 106 valence electrons. The third-order valence-corrected chi connectivity index (χ3v) is 3.78. The normalized spacial score (nSPS) is 16.3. The summed E-state index contributed by atoms with van der Waals surface area (Å²) in [6, 6.07) is 0.409. The molecule has 1 saturated carbocycles. The Labute approximate surface area is 116 Å². The van der Waals surface area contributed by atoms with Crippen molar-refractivity contribution in [2.75, 3.05) is 12.3 Å². The predicted octanol–water partition coefficient (Wildman–Crippen LogP) is 0.377. The number of tetrazole rings is 1. The van der Waals surface area contributed by atoms with Gasteiger partial charge in [-0.3, -0.25) is 4.79 Å². The molecule has 1 aliphatic carbocycles. The Morgan fingerprint density at radius 2 is 2.42 bits per heavy atom. The molecule has 0 saturated heterocycles. The topological polar surface area (TPSA) is 92.9 Å². The third kappa shape index (κ3) is 4.46. The predicted molar refractivity (Wildman–Crippen MR) is 70.7 cm³/mol. The summed E-state index contributed by atoms with van der Waals surface area (Å²) in [4.78, 5) is 11.6. The van der Waals surface area contributed by atoms with E-state index >= 15 is 0 Å². The SMILES string of the molecule is CCCC(O)CNC(=O)CSc1nnnn1C1CC1. The second kappa shape index (κ2) is 6.85. The van der Waals surface area contributed by atoms with Crippen LogP contribution in [0.5, 0.6) is 0 Å². The van der Waals surface area contributed by atoms with Crippen LogP contribution in [0, 0.1) is 0 Å². The zero-order valence-corrected chi connectivity index (χ0v) is 11.8. The zero-order chi connectivity index (χ0) is 13.7. The van der Waals surface area contributed by atoms with Gasteiger partial charge in [-0.25, -0.2) is 4.68 Å². The van der Waals surface area contributed by atoms with Gasteiger partial charge >= 0.3 is 0 Å². The van der Waals surface area contributed by atoms with E-state index in [1.807, 2.05) is 6.92 Å². The molecule has 8 heteroatoms. The maximum Gasteiger partial charge on any atom is 0.230 e. The molecular weight excluding hydrogens is 266 g/mol. The lowest BCUT2D eigenvalue weighted by molar-refractivity contribution is -0.119. The van der Waals surface area contributed by atoms with Gasteiger partial charge in [0.05, 0.1) is 17.9 Å². The van der Waals surface area contributed by atoms with Gasteiger partial charge in [-0.1, -0.05) is 25.1 Å². The van der Waals surface area contributed by atoms with Crippen LogP contribution in [-0.2, 0) is 4.79 Å². The van der Waals surface area contributed by atoms with E-state index in [9.17, 15) is 9.90 Å². The molecule has 1 aromatic rings. The second-order valence-corrected chi connectivity index (χ2v) is 5.61. The number of amides is 1. The van der Waals surface area contributed by atoms with E-state index in [4.69, 9.17) is 0 Å². The number of hydrogen-bond acceptors (Lipinski definition) is 6. The van der Waals surface area contributed by atoms with Crippen LogP contribution >= 0.6 is 11.8 Å². The van der Waals surface area contributed by atoms with Crippen LogP contribution in [-0.4, -0.2) is 49.6 Å². The van der Waals surface area contributed by atoms with Crippen molar-refractivity contribution in [1.29, 1.82) is 0 Å². The quantitative estimate of drug-likeness (QED) is 0.671. The van der Waals surface area contributed by atoms with Gasteiger partial charge in [0.2, 0.25) is 11.1 Å². The highest BCUT2D eigenvalue weighted by Gasteiger charge is 2.28. The zero-order valence-electron chi connectivity index (χ0n) is 10.9. The van der Waals surface area contributed by atoms with Gasteiger partial charge < -0.3 is 10.4 Å². The van der Waals surface area contributed by atoms with E-state index in [1.165, 1.54) is 11.8 Å². The van der Waals surface area contributed by atoms with E-state index in [1.54, 1.807) is 4.68 Å². The molecule has 1 atom stereocenters. The molecular formula is C11H19N5O2S. The first-order valence-electron chi connectivity index (χ1n) is 6.56. The van der Waals surface area contributed by atoms with Gasteiger partial charge in [-0.05, 0) is 29.7 Å². The summed E-state index contributed by atoms with van der Waals surface area (Å²) in [7, 11) is 0. The van der Waals surface area contributed by atoms with Crippen LogP contribution in [0.15, 0.2) is 5.16 Å². The minimum absolute atomic E-state index is 0.106. The summed E-state index contributed by atoms with van der Waals surface area (Å²) in [6.45, 7) is 2.30. The number of rotatable bonds is 8. The average Bonchev–Trinajstić information content (AvgIpc) is 3.13. The molecule has 0 spiro atoms. The lowest BCUT2D eigenvalue weighted by Crippen LogP contribution is -2.33. The fraction of sp³-hybridized carbons (Fsp3) is 0.818. The average molecular weight is 285 g/mol.